The van der Waals surface area contributed by atoms with E-state index in [4.69, 9.17) is 5.11 Å². The average Bonchev–Trinajstić information content (AvgIpc) is 2.70. The van der Waals surface area contributed by atoms with E-state index in [9.17, 15) is 4.79 Å². The highest BCUT2D eigenvalue weighted by Crippen LogP contribution is 2.02. The molecule has 1 N–H and O–H groups in total. The predicted molar refractivity (Wildman–Crippen MR) is 61.5 cm³/mol. The molecule has 92 valence electrons. The maximum Gasteiger partial charge on any atom is 0.280 e. The second-order valence-electron chi connectivity index (χ2n) is 3.91. The Morgan fingerprint density at radius 2 is 2.18 bits per heavy atom. The van der Waals surface area contributed by atoms with Crippen LogP contribution in [0.2, 0.25) is 0 Å². The monoisotopic (exact) mass is 237 g/mol. The summed E-state index contributed by atoms with van der Waals surface area (Å²) in [6.07, 6.45) is 3.94. The lowest BCUT2D eigenvalue weighted by molar-refractivity contribution is 0.281. The molecule has 0 spiro atoms. The molecule has 0 aliphatic carbocycles. The van der Waals surface area contributed by atoms with Gasteiger partial charge >= 0.3 is 0 Å². The highest BCUT2D eigenvalue weighted by molar-refractivity contribution is 5.72. The van der Waals surface area contributed by atoms with Crippen molar-refractivity contribution in [2.45, 2.75) is 25.8 Å². The van der Waals surface area contributed by atoms with Crippen LogP contribution in [0.3, 0.4) is 0 Å². The van der Waals surface area contributed by atoms with Gasteiger partial charge in [0, 0.05) is 20.2 Å². The quantitative estimate of drug-likeness (QED) is 0.721. The minimum absolute atomic E-state index is 0.160. The number of aliphatic hydroxyl groups is 1. The van der Waals surface area contributed by atoms with Crippen LogP contribution in [0.25, 0.3) is 11.0 Å². The second kappa shape index (κ2) is 5.05. The zero-order valence-electron chi connectivity index (χ0n) is 9.70. The first-order chi connectivity index (χ1) is 8.24. The van der Waals surface area contributed by atoms with E-state index in [-0.39, 0.29) is 12.2 Å². The predicted octanol–water partition coefficient (Wildman–Crippen LogP) is -0.312. The van der Waals surface area contributed by atoms with Gasteiger partial charge in [0.05, 0.1) is 6.20 Å². The largest absolute Gasteiger partial charge is 0.396 e. The Morgan fingerprint density at radius 3 is 2.94 bits per heavy atom. The van der Waals surface area contributed by atoms with Crippen molar-refractivity contribution in [2.75, 3.05) is 6.61 Å². The number of hydrogen-bond acceptors (Lipinski definition) is 5. The van der Waals surface area contributed by atoms with Gasteiger partial charge in [0.2, 0.25) is 0 Å². The molecule has 0 atom stereocenters. The van der Waals surface area contributed by atoms with E-state index in [0.29, 0.717) is 17.6 Å². The summed E-state index contributed by atoms with van der Waals surface area (Å²) in [5.41, 5.74) is 0.341. The molecule has 0 saturated heterocycles. The van der Waals surface area contributed by atoms with Crippen LogP contribution in [-0.4, -0.2) is 36.5 Å². The molecule has 0 unspecified atom stereocenters. The van der Waals surface area contributed by atoms with Gasteiger partial charge < -0.3 is 5.11 Å². The third kappa shape index (κ3) is 2.33. The van der Waals surface area contributed by atoms with Gasteiger partial charge in [-0.05, 0) is 19.3 Å². The lowest BCUT2D eigenvalue weighted by Gasteiger charge is -2.02. The Morgan fingerprint density at radius 1 is 1.35 bits per heavy atom. The summed E-state index contributed by atoms with van der Waals surface area (Å²) in [5.74, 6) is 0. The third-order valence-corrected chi connectivity index (χ3v) is 2.65. The SMILES string of the molecule is Cn1ncc2c(=O)n(CCCCCO)nnc21. The smallest absolute Gasteiger partial charge is 0.280 e. The van der Waals surface area contributed by atoms with Crippen molar-refractivity contribution in [1.82, 2.24) is 24.8 Å². The second-order valence-corrected chi connectivity index (χ2v) is 3.91. The van der Waals surface area contributed by atoms with E-state index in [1.807, 2.05) is 0 Å². The first kappa shape index (κ1) is 11.7. The Labute approximate surface area is 97.7 Å². The van der Waals surface area contributed by atoms with E-state index < -0.39 is 0 Å². The van der Waals surface area contributed by atoms with E-state index in [1.165, 1.54) is 15.6 Å². The van der Waals surface area contributed by atoms with Crippen LogP contribution in [0.4, 0.5) is 0 Å². The summed E-state index contributed by atoms with van der Waals surface area (Å²) >= 11 is 0. The van der Waals surface area contributed by atoms with Crippen LogP contribution in [0.5, 0.6) is 0 Å². The molecule has 17 heavy (non-hydrogen) atoms. The standard InChI is InChI=1S/C10H15N5O2/c1-14-9-8(7-11-14)10(17)15(13-12-9)5-3-2-4-6-16/h7,16H,2-6H2,1H3. The molecule has 2 heterocycles. The molecule has 2 aromatic heterocycles. The summed E-state index contributed by atoms with van der Waals surface area (Å²) in [6.45, 7) is 0.707. The normalized spacial score (nSPS) is 11.2. The maximum absolute atomic E-state index is 12.0. The molecule has 0 fully saturated rings. The molecule has 2 rings (SSSR count). The van der Waals surface area contributed by atoms with Crippen LogP contribution in [0.15, 0.2) is 11.0 Å². The summed E-state index contributed by atoms with van der Waals surface area (Å²) in [6, 6.07) is 0. The molecule has 0 aliphatic heterocycles. The number of aliphatic hydroxyl groups excluding tert-OH is 1. The maximum atomic E-state index is 12.0. The Hall–Kier alpha value is -1.76. The Bertz CT molecular complexity index is 559. The zero-order chi connectivity index (χ0) is 12.3. The van der Waals surface area contributed by atoms with Crippen molar-refractivity contribution in [3.63, 3.8) is 0 Å². The van der Waals surface area contributed by atoms with Crippen molar-refractivity contribution < 1.29 is 5.11 Å². The lowest BCUT2D eigenvalue weighted by Crippen LogP contribution is -2.24. The van der Waals surface area contributed by atoms with Crippen LogP contribution in [0, 0.1) is 0 Å². The van der Waals surface area contributed by atoms with Crippen molar-refractivity contribution in [2.24, 2.45) is 7.05 Å². The van der Waals surface area contributed by atoms with E-state index in [0.717, 1.165) is 19.3 Å². The van der Waals surface area contributed by atoms with Gasteiger partial charge in [0.15, 0.2) is 5.65 Å². The van der Waals surface area contributed by atoms with Gasteiger partial charge in [-0.3, -0.25) is 4.79 Å². The molecular weight excluding hydrogens is 222 g/mol. The fraction of sp³-hybridized carbons (Fsp3) is 0.600. The molecule has 0 radical (unpaired) electrons. The Kier molecular flexibility index (Phi) is 3.48. The van der Waals surface area contributed by atoms with Crippen LogP contribution >= 0.6 is 0 Å². The minimum Gasteiger partial charge on any atom is -0.396 e. The van der Waals surface area contributed by atoms with Gasteiger partial charge in [-0.15, -0.1) is 5.10 Å². The van der Waals surface area contributed by atoms with E-state index >= 15 is 0 Å². The fourth-order valence-electron chi connectivity index (χ4n) is 1.67. The van der Waals surface area contributed by atoms with Gasteiger partial charge in [-0.1, -0.05) is 5.21 Å². The Balaban J connectivity index is 2.18. The number of aromatic nitrogens is 5. The summed E-state index contributed by atoms with van der Waals surface area (Å²) in [7, 11) is 1.72. The topological polar surface area (TPSA) is 85.8 Å². The average molecular weight is 237 g/mol. The highest BCUT2D eigenvalue weighted by atomic mass is 16.2. The van der Waals surface area contributed by atoms with Gasteiger partial charge in [0.25, 0.3) is 5.56 Å². The third-order valence-electron chi connectivity index (χ3n) is 2.65. The van der Waals surface area contributed by atoms with Crippen LogP contribution in [0.1, 0.15) is 19.3 Å². The molecule has 7 nitrogen and oxygen atoms in total. The fourth-order valence-corrected chi connectivity index (χ4v) is 1.67. The number of rotatable bonds is 5. The summed E-state index contributed by atoms with van der Waals surface area (Å²) in [4.78, 5) is 12.0. The molecular formula is C10H15N5O2. The molecule has 7 heteroatoms. The summed E-state index contributed by atoms with van der Waals surface area (Å²) < 4.78 is 2.88. The summed E-state index contributed by atoms with van der Waals surface area (Å²) in [5, 5.41) is 21.0. The van der Waals surface area contributed by atoms with Gasteiger partial charge in [-0.25, -0.2) is 9.36 Å². The number of nitrogens with zero attached hydrogens (tertiary/aromatic N) is 5. The first-order valence-corrected chi connectivity index (χ1v) is 5.60. The molecule has 2 aromatic rings. The molecule has 0 saturated carbocycles. The zero-order valence-corrected chi connectivity index (χ0v) is 9.70. The van der Waals surface area contributed by atoms with Gasteiger partial charge in [0.1, 0.15) is 5.39 Å². The van der Waals surface area contributed by atoms with Crippen LogP contribution < -0.4 is 5.56 Å². The number of hydrogen-bond donors (Lipinski definition) is 1. The van der Waals surface area contributed by atoms with E-state index in [1.54, 1.807) is 7.05 Å². The molecule has 0 aliphatic rings. The number of unbranched alkanes of at least 4 members (excludes halogenated alkanes) is 2. The molecule has 0 bridgehead atoms. The lowest BCUT2D eigenvalue weighted by atomic mass is 10.2. The van der Waals surface area contributed by atoms with Crippen molar-refractivity contribution in [1.29, 1.82) is 0 Å². The van der Waals surface area contributed by atoms with Crippen molar-refractivity contribution in [3.05, 3.63) is 16.6 Å². The minimum atomic E-state index is -0.160. The molecule has 0 amide bonds. The first-order valence-electron chi connectivity index (χ1n) is 5.60. The number of aryl methyl sites for hydroxylation is 2. The molecule has 0 aromatic carbocycles. The number of fused-ring (bicyclic) bond motifs is 1. The van der Waals surface area contributed by atoms with E-state index in [2.05, 4.69) is 15.4 Å². The van der Waals surface area contributed by atoms with Gasteiger partial charge in [-0.2, -0.15) is 5.10 Å². The van der Waals surface area contributed by atoms with Crippen molar-refractivity contribution in [3.8, 4) is 0 Å². The highest BCUT2D eigenvalue weighted by Gasteiger charge is 2.08. The van der Waals surface area contributed by atoms with Crippen molar-refractivity contribution >= 4 is 11.0 Å². The van der Waals surface area contributed by atoms with Crippen LogP contribution in [-0.2, 0) is 13.6 Å².